The van der Waals surface area contributed by atoms with Crippen LogP contribution in [-0.2, 0) is 6.42 Å². The van der Waals surface area contributed by atoms with Gasteiger partial charge in [-0.1, -0.05) is 44.9 Å². The minimum atomic E-state index is 0.779. The predicted octanol–water partition coefficient (Wildman–Crippen LogP) is 4.63. The predicted molar refractivity (Wildman–Crippen MR) is 73.4 cm³/mol. The summed E-state index contributed by atoms with van der Waals surface area (Å²) >= 11 is 0. The van der Waals surface area contributed by atoms with E-state index in [2.05, 4.69) is 43.1 Å². The van der Waals surface area contributed by atoms with Crippen LogP contribution in [0.5, 0.6) is 0 Å². The smallest absolute Gasteiger partial charge is 0.0459 e. The zero-order valence-corrected chi connectivity index (χ0v) is 10.8. The minimum Gasteiger partial charge on any atom is -0.358 e. The third-order valence-electron chi connectivity index (χ3n) is 4.33. The van der Waals surface area contributed by atoms with Crippen LogP contribution in [0.25, 0.3) is 10.9 Å². The molecule has 0 amide bonds. The number of hydrogen-bond donors (Lipinski definition) is 1. The number of H-pyrrole nitrogens is 1. The highest BCUT2D eigenvalue weighted by Gasteiger charge is 2.29. The summed E-state index contributed by atoms with van der Waals surface area (Å²) in [6.07, 6.45) is 5.23. The molecule has 1 heteroatoms. The van der Waals surface area contributed by atoms with E-state index in [1.165, 1.54) is 42.3 Å². The molecule has 1 aromatic heterocycles. The molecule has 3 rings (SSSR count). The lowest BCUT2D eigenvalue weighted by Crippen LogP contribution is -2.06. The zero-order valence-electron chi connectivity index (χ0n) is 10.8. The maximum Gasteiger partial charge on any atom is 0.0459 e. The Kier molecular flexibility index (Phi) is 2.70. The van der Waals surface area contributed by atoms with E-state index >= 15 is 0 Å². The fourth-order valence-corrected chi connectivity index (χ4v) is 3.51. The standard InChI is InChI=1S/C16H21N/c1-3-6-11(2)12-9-10-15-16(12)13-7-4-5-8-14(13)17-15/h4-5,7-8,11-12,17H,3,6,9-10H2,1-2H3. The Bertz CT molecular complexity index is 523. The molecule has 1 nitrogen and oxygen atoms in total. The highest BCUT2D eigenvalue weighted by Crippen LogP contribution is 2.43. The Balaban J connectivity index is 2.05. The van der Waals surface area contributed by atoms with E-state index in [1.54, 1.807) is 5.56 Å². The van der Waals surface area contributed by atoms with Crippen molar-refractivity contribution in [1.82, 2.24) is 4.98 Å². The molecule has 1 aliphatic carbocycles. The Morgan fingerprint density at radius 1 is 1.35 bits per heavy atom. The molecular weight excluding hydrogens is 206 g/mol. The first-order valence-corrected chi connectivity index (χ1v) is 6.90. The van der Waals surface area contributed by atoms with E-state index in [4.69, 9.17) is 0 Å². The number of aromatic amines is 1. The van der Waals surface area contributed by atoms with Gasteiger partial charge in [-0.25, -0.2) is 0 Å². The molecule has 2 atom stereocenters. The average Bonchev–Trinajstić information content (AvgIpc) is 2.87. The number of hydrogen-bond acceptors (Lipinski definition) is 0. The molecule has 1 aliphatic rings. The van der Waals surface area contributed by atoms with Crippen LogP contribution in [-0.4, -0.2) is 4.98 Å². The summed E-state index contributed by atoms with van der Waals surface area (Å²) in [5.41, 5.74) is 4.45. The van der Waals surface area contributed by atoms with Crippen LogP contribution in [0.1, 0.15) is 50.3 Å². The topological polar surface area (TPSA) is 15.8 Å². The van der Waals surface area contributed by atoms with Gasteiger partial charge in [0, 0.05) is 16.6 Å². The molecule has 1 N–H and O–H groups in total. The second kappa shape index (κ2) is 4.21. The lowest BCUT2D eigenvalue weighted by molar-refractivity contribution is 0.424. The van der Waals surface area contributed by atoms with Crippen molar-refractivity contribution in [1.29, 1.82) is 0 Å². The summed E-state index contributed by atoms with van der Waals surface area (Å²) in [5.74, 6) is 1.60. The van der Waals surface area contributed by atoms with Gasteiger partial charge in [-0.15, -0.1) is 0 Å². The second-order valence-corrected chi connectivity index (χ2v) is 5.47. The summed E-state index contributed by atoms with van der Waals surface area (Å²) < 4.78 is 0. The van der Waals surface area contributed by atoms with Gasteiger partial charge in [0.05, 0.1) is 0 Å². The molecule has 0 bridgehead atoms. The molecule has 2 unspecified atom stereocenters. The highest BCUT2D eigenvalue weighted by atomic mass is 14.7. The lowest BCUT2D eigenvalue weighted by atomic mass is 9.85. The monoisotopic (exact) mass is 227 g/mol. The van der Waals surface area contributed by atoms with E-state index in [-0.39, 0.29) is 0 Å². The van der Waals surface area contributed by atoms with Crippen LogP contribution in [0.3, 0.4) is 0 Å². The lowest BCUT2D eigenvalue weighted by Gasteiger charge is -2.19. The molecule has 1 aromatic carbocycles. The van der Waals surface area contributed by atoms with Crippen LogP contribution >= 0.6 is 0 Å². The summed E-state index contributed by atoms with van der Waals surface area (Å²) in [6.45, 7) is 4.71. The fraction of sp³-hybridized carbons (Fsp3) is 0.500. The van der Waals surface area contributed by atoms with Crippen LogP contribution in [0.4, 0.5) is 0 Å². The van der Waals surface area contributed by atoms with Crippen molar-refractivity contribution in [2.24, 2.45) is 5.92 Å². The molecule has 1 heterocycles. The maximum absolute atomic E-state index is 3.60. The largest absolute Gasteiger partial charge is 0.358 e. The Morgan fingerprint density at radius 2 is 2.18 bits per heavy atom. The molecule has 0 spiro atoms. The van der Waals surface area contributed by atoms with E-state index in [0.29, 0.717) is 0 Å². The summed E-state index contributed by atoms with van der Waals surface area (Å²) in [5, 5.41) is 1.47. The SMILES string of the molecule is CCCC(C)C1CCc2[nH]c3ccccc3c21. The van der Waals surface area contributed by atoms with Gasteiger partial charge in [-0.3, -0.25) is 0 Å². The van der Waals surface area contributed by atoms with Crippen LogP contribution in [0.2, 0.25) is 0 Å². The molecule has 0 radical (unpaired) electrons. The molecule has 0 aliphatic heterocycles. The van der Waals surface area contributed by atoms with Gasteiger partial charge in [-0.05, 0) is 36.3 Å². The van der Waals surface area contributed by atoms with Gasteiger partial charge in [0.25, 0.3) is 0 Å². The summed E-state index contributed by atoms with van der Waals surface area (Å²) in [6, 6.07) is 8.77. The molecule has 0 saturated carbocycles. The highest BCUT2D eigenvalue weighted by molar-refractivity contribution is 5.85. The van der Waals surface area contributed by atoms with Crippen LogP contribution in [0, 0.1) is 5.92 Å². The van der Waals surface area contributed by atoms with Crippen molar-refractivity contribution in [2.75, 3.05) is 0 Å². The fourth-order valence-electron chi connectivity index (χ4n) is 3.51. The number of aromatic nitrogens is 1. The Morgan fingerprint density at radius 3 is 3.00 bits per heavy atom. The Hall–Kier alpha value is -1.24. The first-order chi connectivity index (χ1) is 8.31. The van der Waals surface area contributed by atoms with E-state index < -0.39 is 0 Å². The molecule has 2 aromatic rings. The van der Waals surface area contributed by atoms with E-state index in [1.807, 2.05) is 0 Å². The average molecular weight is 227 g/mol. The number of para-hydroxylation sites is 1. The number of fused-ring (bicyclic) bond motifs is 3. The maximum atomic E-state index is 3.60. The summed E-state index contributed by atoms with van der Waals surface area (Å²) in [7, 11) is 0. The van der Waals surface area contributed by atoms with Crippen molar-refractivity contribution < 1.29 is 0 Å². The number of benzene rings is 1. The number of aryl methyl sites for hydroxylation is 1. The third kappa shape index (κ3) is 1.69. The van der Waals surface area contributed by atoms with E-state index in [9.17, 15) is 0 Å². The quantitative estimate of drug-likeness (QED) is 0.786. The van der Waals surface area contributed by atoms with Crippen molar-refractivity contribution in [3.63, 3.8) is 0 Å². The van der Waals surface area contributed by atoms with Gasteiger partial charge < -0.3 is 4.98 Å². The number of nitrogens with one attached hydrogen (secondary N) is 1. The molecule has 0 saturated heterocycles. The van der Waals surface area contributed by atoms with Crippen molar-refractivity contribution in [2.45, 2.75) is 45.4 Å². The Labute approximate surface area is 103 Å². The van der Waals surface area contributed by atoms with Crippen LogP contribution < -0.4 is 0 Å². The molecule has 17 heavy (non-hydrogen) atoms. The van der Waals surface area contributed by atoms with E-state index in [0.717, 1.165) is 11.8 Å². The number of rotatable bonds is 3. The third-order valence-corrected chi connectivity index (χ3v) is 4.33. The van der Waals surface area contributed by atoms with Crippen LogP contribution in [0.15, 0.2) is 24.3 Å². The van der Waals surface area contributed by atoms with Gasteiger partial charge >= 0.3 is 0 Å². The molecular formula is C16H21N. The van der Waals surface area contributed by atoms with Gasteiger partial charge in [0.1, 0.15) is 0 Å². The van der Waals surface area contributed by atoms with Crippen molar-refractivity contribution in [3.05, 3.63) is 35.5 Å². The summed E-state index contributed by atoms with van der Waals surface area (Å²) in [4.78, 5) is 3.60. The second-order valence-electron chi connectivity index (χ2n) is 5.47. The zero-order chi connectivity index (χ0) is 11.8. The van der Waals surface area contributed by atoms with Gasteiger partial charge in [0.15, 0.2) is 0 Å². The van der Waals surface area contributed by atoms with Crippen molar-refractivity contribution >= 4 is 10.9 Å². The minimum absolute atomic E-state index is 0.779. The first kappa shape index (κ1) is 10.9. The first-order valence-electron chi connectivity index (χ1n) is 6.90. The normalized spacial score (nSPS) is 20.7. The van der Waals surface area contributed by atoms with Crippen molar-refractivity contribution in [3.8, 4) is 0 Å². The van der Waals surface area contributed by atoms with Gasteiger partial charge in [-0.2, -0.15) is 0 Å². The van der Waals surface area contributed by atoms with Gasteiger partial charge in [0.2, 0.25) is 0 Å². The molecule has 0 fully saturated rings. The molecule has 90 valence electrons.